The van der Waals surface area contributed by atoms with Crippen LogP contribution < -0.4 is 0 Å². The van der Waals surface area contributed by atoms with E-state index in [0.29, 0.717) is 0 Å². The molecule has 0 rings (SSSR count). The van der Waals surface area contributed by atoms with Crippen molar-refractivity contribution in [2.24, 2.45) is 0 Å². The first-order valence-corrected chi connectivity index (χ1v) is 21.2. The van der Waals surface area contributed by atoms with E-state index in [1.807, 2.05) is 0 Å². The number of ether oxygens (including phenoxy) is 6. The van der Waals surface area contributed by atoms with Gasteiger partial charge in [0.25, 0.3) is 0 Å². The molecule has 0 N–H and O–H groups in total. The van der Waals surface area contributed by atoms with E-state index in [9.17, 15) is 28.8 Å². The van der Waals surface area contributed by atoms with E-state index in [-0.39, 0.29) is 26.4 Å². The largest absolute Gasteiger partial charge is 0.460 e. The Balaban J connectivity index is 4.42. The van der Waals surface area contributed by atoms with Crippen LogP contribution in [0.2, 0.25) is 39.3 Å². The van der Waals surface area contributed by atoms with Gasteiger partial charge in [-0.3, -0.25) is 0 Å². The average molecular weight is 669 g/mol. The van der Waals surface area contributed by atoms with Gasteiger partial charge in [-0.05, 0) is 39.3 Å². The highest BCUT2D eigenvalue weighted by Crippen LogP contribution is 2.22. The van der Waals surface area contributed by atoms with Gasteiger partial charge in [0.2, 0.25) is 0 Å². The second-order valence-corrected chi connectivity index (χ2v) is 20.1. The molecule has 0 aliphatic carbocycles. The molecular formula is C24H40O16Si3. The molecule has 0 fully saturated rings. The normalized spacial score (nSPS) is 11.5. The fourth-order valence-corrected chi connectivity index (χ4v) is 14.3. The Kier molecular flexibility index (Phi) is 18.4. The molecule has 19 heteroatoms. The van der Waals surface area contributed by atoms with Crippen molar-refractivity contribution in [1.29, 1.82) is 0 Å². The Bertz CT molecular complexity index is 919. The van der Waals surface area contributed by atoms with Gasteiger partial charge in [0.1, 0.15) is 39.6 Å². The van der Waals surface area contributed by atoms with E-state index in [0.717, 1.165) is 12.2 Å². The van der Waals surface area contributed by atoms with Crippen molar-refractivity contribution < 1.29 is 74.3 Å². The summed E-state index contributed by atoms with van der Waals surface area (Å²) in [6, 6.07) is 0. The van der Waals surface area contributed by atoms with Gasteiger partial charge in [0.05, 0.1) is 0 Å². The van der Waals surface area contributed by atoms with Crippen LogP contribution in [0.5, 0.6) is 0 Å². The monoisotopic (exact) mass is 668 g/mol. The maximum atomic E-state index is 12.0. The fourth-order valence-electron chi connectivity index (χ4n) is 2.89. The molecule has 0 aromatic rings. The van der Waals surface area contributed by atoms with Crippen LogP contribution in [0, 0.1) is 0 Å². The molecule has 0 saturated heterocycles. The minimum atomic E-state index is -2.94. The van der Waals surface area contributed by atoms with E-state index >= 15 is 0 Å². The third-order valence-electron chi connectivity index (χ3n) is 4.28. The number of hydrogen-bond acceptors (Lipinski definition) is 16. The summed E-state index contributed by atoms with van der Waals surface area (Å²) >= 11 is 0. The molecule has 0 aromatic heterocycles. The van der Waals surface area contributed by atoms with Crippen molar-refractivity contribution in [2.75, 3.05) is 52.9 Å². The molecule has 0 atom stereocenters. The average Bonchev–Trinajstić information content (AvgIpc) is 2.91. The standard InChI is InChI=1S/C24H40O16Si3/c1-9-19(25)31-11-13-33-21(27)15-35-23(29)17-37-41(3,4)39-43(7,8)40-42(5,6)38-18-24(30)36-16-22(28)34-14-12-32-20(26)10-2/h9-10H,1-2,11-18H2,3-8H3. The molecule has 43 heavy (non-hydrogen) atoms. The maximum absolute atomic E-state index is 12.0. The summed E-state index contributed by atoms with van der Waals surface area (Å²) in [4.78, 5) is 69.0. The number of carbonyl (C=O) groups is 6. The van der Waals surface area contributed by atoms with E-state index < -0.39 is 87.9 Å². The smallest absolute Gasteiger partial charge is 0.344 e. The van der Waals surface area contributed by atoms with Gasteiger partial charge in [-0.25, -0.2) is 28.8 Å². The molecule has 16 nitrogen and oxygen atoms in total. The maximum Gasteiger partial charge on any atom is 0.344 e. The summed E-state index contributed by atoms with van der Waals surface area (Å²) in [5.41, 5.74) is 0. The third kappa shape index (κ3) is 22.1. The Hall–Kier alpha value is -3.21. The zero-order valence-corrected chi connectivity index (χ0v) is 28.3. The molecule has 0 bridgehead atoms. The highest BCUT2D eigenvalue weighted by Gasteiger charge is 2.42. The van der Waals surface area contributed by atoms with Crippen molar-refractivity contribution in [1.82, 2.24) is 0 Å². The molecule has 0 unspecified atom stereocenters. The molecule has 0 aliphatic heterocycles. The predicted molar refractivity (Wildman–Crippen MR) is 153 cm³/mol. The van der Waals surface area contributed by atoms with Crippen LogP contribution in [0.15, 0.2) is 25.3 Å². The van der Waals surface area contributed by atoms with Crippen molar-refractivity contribution in [3.8, 4) is 0 Å². The predicted octanol–water partition coefficient (Wildman–Crippen LogP) is 0.789. The number of hydrogen-bond donors (Lipinski definition) is 0. The number of carbonyl (C=O) groups excluding carboxylic acids is 6. The Labute approximate surface area is 253 Å². The van der Waals surface area contributed by atoms with Crippen molar-refractivity contribution in [3.05, 3.63) is 25.3 Å². The summed E-state index contributed by atoms with van der Waals surface area (Å²) in [6.07, 6.45) is 1.93. The van der Waals surface area contributed by atoms with E-state index in [1.165, 1.54) is 0 Å². The molecular weight excluding hydrogens is 629 g/mol. The molecule has 0 amide bonds. The topological polar surface area (TPSA) is 195 Å². The molecule has 0 radical (unpaired) electrons. The Morgan fingerprint density at radius 1 is 0.465 bits per heavy atom. The van der Waals surface area contributed by atoms with Gasteiger partial charge in [0, 0.05) is 12.2 Å². The van der Waals surface area contributed by atoms with Gasteiger partial charge >= 0.3 is 61.5 Å². The quantitative estimate of drug-likeness (QED) is 0.0516. The molecule has 0 aliphatic rings. The lowest BCUT2D eigenvalue weighted by atomic mass is 10.6. The summed E-state index contributed by atoms with van der Waals surface area (Å²) in [5.74, 6) is -4.64. The first-order chi connectivity index (χ1) is 19.9. The first-order valence-electron chi connectivity index (χ1n) is 12.8. The minimum absolute atomic E-state index is 0.170. The van der Waals surface area contributed by atoms with Crippen LogP contribution in [-0.2, 0) is 74.3 Å². The van der Waals surface area contributed by atoms with Crippen LogP contribution in [0.25, 0.3) is 0 Å². The lowest BCUT2D eigenvalue weighted by Gasteiger charge is -2.37. The second-order valence-electron chi connectivity index (χ2n) is 9.49. The molecule has 244 valence electrons. The molecule has 0 heterocycles. The van der Waals surface area contributed by atoms with Gasteiger partial charge in [-0.1, -0.05) is 13.2 Å². The van der Waals surface area contributed by atoms with Gasteiger partial charge in [-0.2, -0.15) is 0 Å². The minimum Gasteiger partial charge on any atom is -0.460 e. The van der Waals surface area contributed by atoms with Crippen molar-refractivity contribution >= 4 is 61.5 Å². The van der Waals surface area contributed by atoms with Crippen LogP contribution in [0.4, 0.5) is 0 Å². The van der Waals surface area contributed by atoms with Crippen LogP contribution in [0.3, 0.4) is 0 Å². The Morgan fingerprint density at radius 3 is 1.09 bits per heavy atom. The zero-order valence-electron chi connectivity index (χ0n) is 25.3. The lowest BCUT2D eigenvalue weighted by molar-refractivity contribution is -0.161. The summed E-state index contributed by atoms with van der Waals surface area (Å²) in [7, 11) is -8.79. The number of esters is 6. The molecule has 0 saturated carbocycles. The second kappa shape index (κ2) is 19.9. The van der Waals surface area contributed by atoms with E-state index in [4.69, 9.17) is 36.0 Å². The zero-order chi connectivity index (χ0) is 33.1. The molecule has 0 aromatic carbocycles. The summed E-state index contributed by atoms with van der Waals surface area (Å²) < 4.78 is 51.9. The lowest BCUT2D eigenvalue weighted by Crippen LogP contribution is -2.55. The van der Waals surface area contributed by atoms with Gasteiger partial charge < -0.3 is 45.5 Å². The van der Waals surface area contributed by atoms with Crippen LogP contribution >= 0.6 is 0 Å². The van der Waals surface area contributed by atoms with E-state index in [2.05, 4.69) is 22.6 Å². The SMILES string of the molecule is C=CC(=O)OCCOC(=O)COC(=O)CO[Si](C)(C)O[Si](C)(C)O[Si](C)(C)OCC(=O)OCC(=O)OCCOC(=O)C=C. The molecule has 0 spiro atoms. The Morgan fingerprint density at radius 2 is 0.767 bits per heavy atom. The highest BCUT2D eigenvalue weighted by molar-refractivity contribution is 6.84. The fraction of sp³-hybridized carbons (Fsp3) is 0.583. The third-order valence-corrected chi connectivity index (χ3v) is 13.8. The van der Waals surface area contributed by atoms with Gasteiger partial charge in [0.15, 0.2) is 13.2 Å². The van der Waals surface area contributed by atoms with Crippen molar-refractivity contribution in [2.45, 2.75) is 39.3 Å². The van der Waals surface area contributed by atoms with Crippen LogP contribution in [0.1, 0.15) is 0 Å². The number of rotatable bonds is 22. The summed E-state index contributed by atoms with van der Waals surface area (Å²) in [6.45, 7) is 13.6. The highest BCUT2D eigenvalue weighted by atomic mass is 28.5. The first kappa shape index (κ1) is 39.8. The van der Waals surface area contributed by atoms with E-state index in [1.54, 1.807) is 39.3 Å². The van der Waals surface area contributed by atoms with Crippen molar-refractivity contribution in [3.63, 3.8) is 0 Å². The van der Waals surface area contributed by atoms with Crippen LogP contribution in [-0.4, -0.2) is 114 Å². The van der Waals surface area contributed by atoms with Gasteiger partial charge in [-0.15, -0.1) is 0 Å². The summed E-state index contributed by atoms with van der Waals surface area (Å²) in [5, 5.41) is 0.